The first-order valence-corrected chi connectivity index (χ1v) is 8.88. The lowest BCUT2D eigenvalue weighted by molar-refractivity contribution is 0.0884. The Kier molecular flexibility index (Phi) is 5.06. The maximum atomic E-state index is 12.3. The summed E-state index contributed by atoms with van der Waals surface area (Å²) in [7, 11) is -3.58. The predicted octanol–water partition coefficient (Wildman–Crippen LogP) is 2.12. The van der Waals surface area contributed by atoms with E-state index < -0.39 is 10.0 Å². The van der Waals surface area contributed by atoms with Crippen molar-refractivity contribution >= 4 is 31.6 Å². The molecule has 0 amide bonds. The third kappa shape index (κ3) is 3.52. The maximum absolute atomic E-state index is 12.3. The van der Waals surface area contributed by atoms with Crippen LogP contribution in [0.4, 0.5) is 5.69 Å². The number of nitrogen functional groups attached to an aromatic ring is 1. The fourth-order valence-corrected chi connectivity index (χ4v) is 4.02. The van der Waals surface area contributed by atoms with Crippen molar-refractivity contribution < 1.29 is 13.2 Å². The average Bonchev–Trinajstić information content (AvgIpc) is 2.83. The van der Waals surface area contributed by atoms with E-state index in [1.807, 2.05) is 6.92 Å². The monoisotopic (exact) mass is 362 g/mol. The van der Waals surface area contributed by atoms with Crippen molar-refractivity contribution in [2.75, 3.05) is 18.9 Å². The first-order valence-electron chi connectivity index (χ1n) is 6.60. The van der Waals surface area contributed by atoms with Crippen LogP contribution in [-0.4, -0.2) is 27.7 Å². The smallest absolute Gasteiger partial charge is 0.242 e. The van der Waals surface area contributed by atoms with E-state index in [9.17, 15) is 8.42 Å². The second kappa shape index (κ2) is 6.43. The van der Waals surface area contributed by atoms with Gasteiger partial charge in [0.05, 0.1) is 11.8 Å². The fraction of sp³-hybridized carbons (Fsp3) is 0.538. The van der Waals surface area contributed by atoms with Gasteiger partial charge in [-0.05, 0) is 31.0 Å². The zero-order chi connectivity index (χ0) is 14.8. The Hall–Kier alpha value is -0.630. The number of hydrogen-bond donors (Lipinski definition) is 2. The average molecular weight is 363 g/mol. The van der Waals surface area contributed by atoms with Crippen molar-refractivity contribution in [1.82, 2.24) is 4.72 Å². The molecule has 1 aromatic rings. The highest BCUT2D eigenvalue weighted by Gasteiger charge is 2.28. The number of nitrogens with two attached hydrogens (primary N) is 1. The molecule has 7 heteroatoms. The van der Waals surface area contributed by atoms with Crippen molar-refractivity contribution in [2.45, 2.75) is 30.8 Å². The normalized spacial score (nSPS) is 23.1. The number of sulfonamides is 1. The van der Waals surface area contributed by atoms with Gasteiger partial charge in [0.1, 0.15) is 4.90 Å². The summed E-state index contributed by atoms with van der Waals surface area (Å²) in [5, 5.41) is 0. The standard InChI is InChI=1S/C13H19BrN2O3S/c1-2-12-9(5-6-19-12)8-16-20(17,18)13-4-3-10(14)7-11(13)15/h3-4,7,9,12,16H,2,5-6,8,15H2,1H3. The summed E-state index contributed by atoms with van der Waals surface area (Å²) < 4.78 is 33.5. The topological polar surface area (TPSA) is 81.4 Å². The molecule has 20 heavy (non-hydrogen) atoms. The van der Waals surface area contributed by atoms with Gasteiger partial charge in [0.2, 0.25) is 10.0 Å². The number of nitrogens with one attached hydrogen (secondary N) is 1. The minimum Gasteiger partial charge on any atom is -0.398 e. The van der Waals surface area contributed by atoms with Gasteiger partial charge >= 0.3 is 0 Å². The number of ether oxygens (including phenoxy) is 1. The molecule has 1 aliphatic rings. The summed E-state index contributed by atoms with van der Waals surface area (Å²) in [6.45, 7) is 3.13. The second-order valence-corrected chi connectivity index (χ2v) is 7.55. The van der Waals surface area contributed by atoms with E-state index in [0.717, 1.165) is 17.3 Å². The molecule has 0 saturated carbocycles. The quantitative estimate of drug-likeness (QED) is 0.786. The van der Waals surface area contributed by atoms with Gasteiger partial charge in [-0.2, -0.15) is 0 Å². The number of benzene rings is 1. The van der Waals surface area contributed by atoms with Crippen molar-refractivity contribution in [3.63, 3.8) is 0 Å². The van der Waals surface area contributed by atoms with Crippen LogP contribution in [0.25, 0.3) is 0 Å². The summed E-state index contributed by atoms with van der Waals surface area (Å²) in [5.74, 6) is 0.228. The summed E-state index contributed by atoms with van der Waals surface area (Å²) in [6, 6.07) is 4.75. The van der Waals surface area contributed by atoms with E-state index in [2.05, 4.69) is 20.7 Å². The fourth-order valence-electron chi connectivity index (χ4n) is 2.44. The van der Waals surface area contributed by atoms with Gasteiger partial charge in [-0.1, -0.05) is 22.9 Å². The van der Waals surface area contributed by atoms with Gasteiger partial charge in [0.25, 0.3) is 0 Å². The molecule has 1 aromatic carbocycles. The minimum atomic E-state index is -3.58. The SMILES string of the molecule is CCC1OCCC1CNS(=O)(=O)c1ccc(Br)cc1N. The van der Waals surface area contributed by atoms with Crippen LogP contribution >= 0.6 is 15.9 Å². The number of rotatable bonds is 5. The molecule has 0 spiro atoms. The van der Waals surface area contributed by atoms with E-state index in [-0.39, 0.29) is 22.6 Å². The Labute approximate surface area is 128 Å². The molecule has 2 unspecified atom stereocenters. The molecule has 2 rings (SSSR count). The van der Waals surface area contributed by atoms with E-state index in [1.165, 1.54) is 6.07 Å². The number of hydrogen-bond acceptors (Lipinski definition) is 4. The summed E-state index contributed by atoms with van der Waals surface area (Å²) in [4.78, 5) is 0.118. The molecule has 1 fully saturated rings. The maximum Gasteiger partial charge on any atom is 0.242 e. The van der Waals surface area contributed by atoms with Crippen molar-refractivity contribution in [3.8, 4) is 0 Å². The Morgan fingerprint density at radius 1 is 1.50 bits per heavy atom. The van der Waals surface area contributed by atoms with Crippen LogP contribution in [0.5, 0.6) is 0 Å². The van der Waals surface area contributed by atoms with E-state index in [1.54, 1.807) is 12.1 Å². The molecule has 5 nitrogen and oxygen atoms in total. The third-order valence-corrected chi connectivity index (χ3v) is 5.54. The summed E-state index contributed by atoms with van der Waals surface area (Å²) >= 11 is 3.26. The molecule has 0 aliphatic carbocycles. The minimum absolute atomic E-state index is 0.118. The van der Waals surface area contributed by atoms with E-state index >= 15 is 0 Å². The lowest BCUT2D eigenvalue weighted by Crippen LogP contribution is -2.33. The molecule has 3 N–H and O–H groups in total. The van der Waals surface area contributed by atoms with E-state index in [0.29, 0.717) is 13.2 Å². The Morgan fingerprint density at radius 3 is 2.90 bits per heavy atom. The Bertz CT molecular complexity index is 577. The highest BCUT2D eigenvalue weighted by molar-refractivity contribution is 9.10. The Morgan fingerprint density at radius 2 is 2.25 bits per heavy atom. The Balaban J connectivity index is 2.07. The molecule has 112 valence electrons. The summed E-state index contributed by atoms with van der Waals surface area (Å²) in [5.41, 5.74) is 6.01. The highest BCUT2D eigenvalue weighted by atomic mass is 79.9. The number of anilines is 1. The molecule has 0 aromatic heterocycles. The molecule has 1 saturated heterocycles. The zero-order valence-electron chi connectivity index (χ0n) is 11.3. The van der Waals surface area contributed by atoms with Crippen LogP contribution in [0.1, 0.15) is 19.8 Å². The first-order chi connectivity index (χ1) is 9.44. The molecule has 1 aliphatic heterocycles. The first kappa shape index (κ1) is 15.8. The van der Waals surface area contributed by atoms with Crippen LogP contribution in [0.15, 0.2) is 27.6 Å². The van der Waals surface area contributed by atoms with Gasteiger partial charge in [0, 0.05) is 23.5 Å². The largest absolute Gasteiger partial charge is 0.398 e. The molecule has 1 heterocycles. The van der Waals surface area contributed by atoms with Gasteiger partial charge in [-0.15, -0.1) is 0 Å². The van der Waals surface area contributed by atoms with Crippen LogP contribution in [0.2, 0.25) is 0 Å². The predicted molar refractivity (Wildman–Crippen MR) is 81.9 cm³/mol. The van der Waals surface area contributed by atoms with Crippen molar-refractivity contribution in [1.29, 1.82) is 0 Å². The van der Waals surface area contributed by atoms with Gasteiger partial charge in [-0.25, -0.2) is 13.1 Å². The van der Waals surface area contributed by atoms with Gasteiger partial charge in [-0.3, -0.25) is 0 Å². The van der Waals surface area contributed by atoms with Crippen LogP contribution in [-0.2, 0) is 14.8 Å². The van der Waals surface area contributed by atoms with Gasteiger partial charge in [0.15, 0.2) is 0 Å². The molecule has 2 atom stereocenters. The lowest BCUT2D eigenvalue weighted by Gasteiger charge is -2.17. The highest BCUT2D eigenvalue weighted by Crippen LogP contribution is 2.25. The van der Waals surface area contributed by atoms with Crippen LogP contribution in [0.3, 0.4) is 0 Å². The molecule has 0 radical (unpaired) electrons. The van der Waals surface area contributed by atoms with Gasteiger partial charge < -0.3 is 10.5 Å². The zero-order valence-corrected chi connectivity index (χ0v) is 13.7. The third-order valence-electron chi connectivity index (χ3n) is 3.55. The van der Waals surface area contributed by atoms with Crippen molar-refractivity contribution in [3.05, 3.63) is 22.7 Å². The summed E-state index contributed by atoms with van der Waals surface area (Å²) in [6.07, 6.45) is 1.92. The second-order valence-electron chi connectivity index (χ2n) is 4.90. The van der Waals surface area contributed by atoms with Crippen LogP contribution < -0.4 is 10.5 Å². The molecular weight excluding hydrogens is 344 g/mol. The van der Waals surface area contributed by atoms with Crippen molar-refractivity contribution in [2.24, 2.45) is 5.92 Å². The van der Waals surface area contributed by atoms with Crippen LogP contribution in [0, 0.1) is 5.92 Å². The van der Waals surface area contributed by atoms with E-state index in [4.69, 9.17) is 10.5 Å². The lowest BCUT2D eigenvalue weighted by atomic mass is 10.0. The number of halogens is 1. The molecule has 0 bridgehead atoms. The molecular formula is C13H19BrN2O3S.